The van der Waals surface area contributed by atoms with E-state index in [1.54, 1.807) is 64.1 Å². The predicted octanol–water partition coefficient (Wildman–Crippen LogP) is 3.96. The molecule has 0 aliphatic carbocycles. The van der Waals surface area contributed by atoms with Crippen LogP contribution in [0.2, 0.25) is 0 Å². The van der Waals surface area contributed by atoms with Gasteiger partial charge < -0.3 is 20.0 Å². The van der Waals surface area contributed by atoms with Crippen molar-refractivity contribution in [3.05, 3.63) is 54.1 Å². The number of ketones is 1. The number of benzene rings is 2. The number of carbonyl (C=O) groups is 3. The van der Waals surface area contributed by atoms with Crippen molar-refractivity contribution in [2.24, 2.45) is 5.41 Å². The van der Waals surface area contributed by atoms with Gasteiger partial charge in [0.25, 0.3) is 5.91 Å². The standard InChI is InChI=1S/C24H26N2O6/c1-5-19(27)21-17-12-11-15(25-20(28)14-31-16-9-7-6-8-10-16)13-18(17)26(22(21)29)32-23(30)24(2,3)4/h6-13,29H,5,14H2,1-4H3,(H,25,28). The first-order chi connectivity index (χ1) is 15.1. The lowest BCUT2D eigenvalue weighted by Crippen LogP contribution is -2.31. The van der Waals surface area contributed by atoms with Crippen molar-refractivity contribution < 1.29 is 29.1 Å². The van der Waals surface area contributed by atoms with Gasteiger partial charge in [-0.3, -0.25) is 9.59 Å². The number of hydrogen-bond donors (Lipinski definition) is 2. The van der Waals surface area contributed by atoms with Crippen LogP contribution in [0.5, 0.6) is 11.6 Å². The zero-order valence-corrected chi connectivity index (χ0v) is 18.5. The van der Waals surface area contributed by atoms with Gasteiger partial charge in [-0.1, -0.05) is 25.1 Å². The number of aromatic nitrogens is 1. The van der Waals surface area contributed by atoms with Crippen molar-refractivity contribution in [1.82, 2.24) is 4.73 Å². The molecule has 3 aromatic rings. The summed E-state index contributed by atoms with van der Waals surface area (Å²) >= 11 is 0. The summed E-state index contributed by atoms with van der Waals surface area (Å²) in [7, 11) is 0. The Morgan fingerprint density at radius 1 is 1.06 bits per heavy atom. The molecule has 0 atom stereocenters. The fourth-order valence-electron chi connectivity index (χ4n) is 2.95. The Labute approximate surface area is 185 Å². The molecule has 32 heavy (non-hydrogen) atoms. The second-order valence-electron chi connectivity index (χ2n) is 8.28. The molecular formula is C24H26N2O6. The molecule has 0 aliphatic heterocycles. The van der Waals surface area contributed by atoms with Crippen molar-refractivity contribution in [3.63, 3.8) is 0 Å². The minimum atomic E-state index is -0.835. The molecule has 168 valence electrons. The van der Waals surface area contributed by atoms with Crippen LogP contribution in [-0.4, -0.2) is 34.1 Å². The molecule has 0 fully saturated rings. The summed E-state index contributed by atoms with van der Waals surface area (Å²) in [5.41, 5.74) is -0.105. The highest BCUT2D eigenvalue weighted by Crippen LogP contribution is 2.34. The smallest absolute Gasteiger partial charge is 0.338 e. The SMILES string of the molecule is CCC(=O)c1c(O)n(OC(=O)C(C)(C)C)c2cc(NC(=O)COc3ccccc3)ccc12. The minimum absolute atomic E-state index is 0.0643. The lowest BCUT2D eigenvalue weighted by Gasteiger charge is -2.17. The van der Waals surface area contributed by atoms with Gasteiger partial charge in [0.05, 0.1) is 16.5 Å². The molecule has 0 saturated carbocycles. The number of hydrogen-bond acceptors (Lipinski definition) is 6. The topological polar surface area (TPSA) is 107 Å². The van der Waals surface area contributed by atoms with Crippen LogP contribution in [0.4, 0.5) is 5.69 Å². The van der Waals surface area contributed by atoms with Crippen LogP contribution in [-0.2, 0) is 9.59 Å². The number of Topliss-reactive ketones (excluding diaryl/α,β-unsaturated/α-hetero) is 1. The van der Waals surface area contributed by atoms with E-state index in [2.05, 4.69) is 5.32 Å². The van der Waals surface area contributed by atoms with Crippen molar-refractivity contribution in [2.45, 2.75) is 34.1 Å². The van der Waals surface area contributed by atoms with Crippen molar-refractivity contribution in [2.75, 3.05) is 11.9 Å². The normalized spacial score (nSPS) is 11.2. The summed E-state index contributed by atoms with van der Waals surface area (Å²) in [6, 6.07) is 13.6. The van der Waals surface area contributed by atoms with E-state index >= 15 is 0 Å². The maximum atomic E-state index is 12.4. The number of ether oxygens (including phenoxy) is 1. The van der Waals surface area contributed by atoms with E-state index in [-0.39, 0.29) is 29.9 Å². The highest BCUT2D eigenvalue weighted by atomic mass is 16.7. The zero-order chi connectivity index (χ0) is 23.5. The van der Waals surface area contributed by atoms with Crippen LogP contribution >= 0.6 is 0 Å². The Morgan fingerprint density at radius 2 is 1.75 bits per heavy atom. The molecule has 1 amide bonds. The Kier molecular flexibility index (Phi) is 6.53. The third-order valence-corrected chi connectivity index (χ3v) is 4.69. The van der Waals surface area contributed by atoms with Gasteiger partial charge >= 0.3 is 5.97 Å². The molecule has 2 N–H and O–H groups in total. The Hall–Kier alpha value is -3.81. The van der Waals surface area contributed by atoms with Crippen LogP contribution in [0.1, 0.15) is 44.5 Å². The average Bonchev–Trinajstić information content (AvgIpc) is 3.02. The average molecular weight is 438 g/mol. The van der Waals surface area contributed by atoms with E-state index in [0.717, 1.165) is 4.73 Å². The number of nitrogens with one attached hydrogen (secondary N) is 1. The number of carbonyl (C=O) groups excluding carboxylic acids is 3. The maximum absolute atomic E-state index is 12.4. The molecule has 2 aromatic carbocycles. The van der Waals surface area contributed by atoms with E-state index in [0.29, 0.717) is 16.8 Å². The predicted molar refractivity (Wildman–Crippen MR) is 120 cm³/mol. The van der Waals surface area contributed by atoms with Crippen LogP contribution in [0.3, 0.4) is 0 Å². The summed E-state index contributed by atoms with van der Waals surface area (Å²) in [6.07, 6.45) is 0.162. The van der Waals surface area contributed by atoms with Crippen LogP contribution in [0, 0.1) is 5.41 Å². The van der Waals surface area contributed by atoms with Gasteiger partial charge in [0, 0.05) is 17.5 Å². The van der Waals surface area contributed by atoms with Crippen LogP contribution in [0.25, 0.3) is 10.9 Å². The summed E-state index contributed by atoms with van der Waals surface area (Å²) in [4.78, 5) is 42.6. The first-order valence-electron chi connectivity index (χ1n) is 10.2. The summed E-state index contributed by atoms with van der Waals surface area (Å²) in [6.45, 7) is 6.50. The van der Waals surface area contributed by atoms with E-state index in [1.165, 1.54) is 6.07 Å². The number of nitrogens with zero attached hydrogens (tertiary/aromatic N) is 1. The van der Waals surface area contributed by atoms with E-state index in [9.17, 15) is 19.5 Å². The van der Waals surface area contributed by atoms with E-state index < -0.39 is 23.2 Å². The number of rotatable bonds is 7. The van der Waals surface area contributed by atoms with Gasteiger partial charge in [0.2, 0.25) is 5.88 Å². The fourth-order valence-corrected chi connectivity index (χ4v) is 2.95. The third kappa shape index (κ3) is 4.91. The van der Waals surface area contributed by atoms with Gasteiger partial charge in [0.15, 0.2) is 12.4 Å². The molecule has 1 aromatic heterocycles. The summed E-state index contributed by atoms with van der Waals surface area (Å²) in [5.74, 6) is -1.18. The number of anilines is 1. The van der Waals surface area contributed by atoms with Gasteiger partial charge in [-0.05, 0) is 51.1 Å². The van der Waals surface area contributed by atoms with E-state index in [4.69, 9.17) is 9.57 Å². The molecule has 3 rings (SSSR count). The first-order valence-corrected chi connectivity index (χ1v) is 10.2. The second kappa shape index (κ2) is 9.13. The van der Waals surface area contributed by atoms with Crippen LogP contribution in [0.15, 0.2) is 48.5 Å². The lowest BCUT2D eigenvalue weighted by atomic mass is 9.98. The molecule has 0 saturated heterocycles. The highest BCUT2D eigenvalue weighted by molar-refractivity contribution is 6.11. The molecule has 8 nitrogen and oxygen atoms in total. The Morgan fingerprint density at radius 3 is 2.38 bits per heavy atom. The van der Waals surface area contributed by atoms with Gasteiger partial charge in [0.1, 0.15) is 5.75 Å². The lowest BCUT2D eigenvalue weighted by molar-refractivity contribution is -0.153. The molecule has 8 heteroatoms. The van der Waals surface area contributed by atoms with Crippen molar-refractivity contribution in [1.29, 1.82) is 0 Å². The third-order valence-electron chi connectivity index (χ3n) is 4.69. The van der Waals surface area contributed by atoms with Crippen molar-refractivity contribution >= 4 is 34.3 Å². The van der Waals surface area contributed by atoms with Gasteiger partial charge in [-0.25, -0.2) is 4.79 Å². The molecule has 0 bridgehead atoms. The number of amides is 1. The van der Waals surface area contributed by atoms with Crippen molar-refractivity contribution in [3.8, 4) is 11.6 Å². The monoisotopic (exact) mass is 438 g/mol. The Balaban J connectivity index is 1.91. The molecule has 1 heterocycles. The molecule has 0 spiro atoms. The summed E-state index contributed by atoms with van der Waals surface area (Å²) in [5, 5.41) is 13.8. The molecular weight excluding hydrogens is 412 g/mol. The van der Waals surface area contributed by atoms with E-state index in [1.807, 2.05) is 6.07 Å². The summed E-state index contributed by atoms with van der Waals surface area (Å²) < 4.78 is 6.37. The number of para-hydroxylation sites is 1. The fraction of sp³-hybridized carbons (Fsp3) is 0.292. The second-order valence-corrected chi connectivity index (χ2v) is 8.28. The molecule has 0 unspecified atom stereocenters. The first kappa shape index (κ1) is 22.9. The minimum Gasteiger partial charge on any atom is -0.492 e. The van der Waals surface area contributed by atoms with Gasteiger partial charge in [-0.2, -0.15) is 0 Å². The maximum Gasteiger partial charge on any atom is 0.338 e. The largest absolute Gasteiger partial charge is 0.492 e. The number of fused-ring (bicyclic) bond motifs is 1. The Bertz CT molecular complexity index is 1160. The van der Waals surface area contributed by atoms with Gasteiger partial charge in [-0.15, -0.1) is 4.73 Å². The number of aromatic hydroxyl groups is 1. The molecule has 0 aliphatic rings. The van der Waals surface area contributed by atoms with Crippen LogP contribution < -0.4 is 14.9 Å². The zero-order valence-electron chi connectivity index (χ0n) is 18.5. The quantitative estimate of drug-likeness (QED) is 0.541. The highest BCUT2D eigenvalue weighted by Gasteiger charge is 2.29. The molecule has 0 radical (unpaired) electrons.